The molecule has 0 aliphatic carbocycles. The lowest BCUT2D eigenvalue weighted by Crippen LogP contribution is -1.94. The number of halogens is 2. The third-order valence-corrected chi connectivity index (χ3v) is 2.46. The monoisotopic (exact) mass is 262 g/mol. The molecule has 1 rings (SSSR count). The molecule has 1 aromatic rings. The van der Waals surface area contributed by atoms with Crippen molar-refractivity contribution in [3.63, 3.8) is 0 Å². The molecule has 0 saturated carbocycles. The van der Waals surface area contributed by atoms with Crippen molar-refractivity contribution in [2.45, 2.75) is 0 Å². The van der Waals surface area contributed by atoms with Crippen molar-refractivity contribution in [1.82, 2.24) is 0 Å². The van der Waals surface area contributed by atoms with Crippen molar-refractivity contribution < 1.29 is 9.18 Å². The summed E-state index contributed by atoms with van der Waals surface area (Å²) in [6, 6.07) is 4.48. The maximum absolute atomic E-state index is 13.6. The zero-order valence-corrected chi connectivity index (χ0v) is 10.0. The molecule has 0 saturated heterocycles. The topological polar surface area (TPSA) is 53.2 Å². The highest BCUT2D eigenvalue weighted by Gasteiger charge is 2.12. The SMILES string of the molecule is C=C(C#N)N=CC(=C)c1ccc(C=O)c(F)c1Cl. The van der Waals surface area contributed by atoms with E-state index in [1.807, 2.05) is 0 Å². The third-order valence-electron chi connectivity index (χ3n) is 2.09. The molecule has 0 fully saturated rings. The molecule has 0 spiro atoms. The van der Waals surface area contributed by atoms with Gasteiger partial charge < -0.3 is 0 Å². The van der Waals surface area contributed by atoms with Crippen LogP contribution in [-0.2, 0) is 0 Å². The second-order valence-electron chi connectivity index (χ2n) is 3.29. The molecule has 0 bridgehead atoms. The predicted octanol–water partition coefficient (Wildman–Crippen LogP) is 3.41. The van der Waals surface area contributed by atoms with Gasteiger partial charge in [0.05, 0.1) is 10.6 Å². The Labute approximate surface area is 109 Å². The molecule has 0 heterocycles. The minimum Gasteiger partial charge on any atom is -0.298 e. The lowest BCUT2D eigenvalue weighted by atomic mass is 10.1. The van der Waals surface area contributed by atoms with Gasteiger partial charge in [0.25, 0.3) is 0 Å². The standard InChI is InChI=1S/C13H8ClFN2O/c1-8(6-17-9(2)5-16)11-4-3-10(7-18)13(15)12(11)14/h3-4,6-7H,1-2H2. The molecule has 0 amide bonds. The van der Waals surface area contributed by atoms with Crippen molar-refractivity contribution in [2.24, 2.45) is 4.99 Å². The first kappa shape index (κ1) is 13.8. The third kappa shape index (κ3) is 2.90. The van der Waals surface area contributed by atoms with E-state index in [1.165, 1.54) is 18.3 Å². The van der Waals surface area contributed by atoms with Gasteiger partial charge in [-0.3, -0.25) is 4.79 Å². The fraction of sp³-hybridized carbons (Fsp3) is 0. The smallest absolute Gasteiger partial charge is 0.153 e. The number of allylic oxidation sites excluding steroid dienone is 2. The van der Waals surface area contributed by atoms with Crippen molar-refractivity contribution in [2.75, 3.05) is 0 Å². The highest BCUT2D eigenvalue weighted by molar-refractivity contribution is 6.34. The number of rotatable bonds is 4. The van der Waals surface area contributed by atoms with E-state index in [0.717, 1.165) is 0 Å². The Morgan fingerprint density at radius 3 is 2.72 bits per heavy atom. The van der Waals surface area contributed by atoms with Crippen LogP contribution in [0.3, 0.4) is 0 Å². The van der Waals surface area contributed by atoms with E-state index < -0.39 is 5.82 Å². The molecule has 0 atom stereocenters. The zero-order valence-electron chi connectivity index (χ0n) is 9.28. The van der Waals surface area contributed by atoms with Crippen LogP contribution in [0.2, 0.25) is 5.02 Å². The van der Waals surface area contributed by atoms with Crippen LogP contribution in [0.5, 0.6) is 0 Å². The zero-order chi connectivity index (χ0) is 13.7. The maximum atomic E-state index is 13.6. The van der Waals surface area contributed by atoms with Crippen LogP contribution < -0.4 is 0 Å². The van der Waals surface area contributed by atoms with Crippen LogP contribution in [-0.4, -0.2) is 12.5 Å². The molecule has 0 aromatic heterocycles. The fourth-order valence-corrected chi connectivity index (χ4v) is 1.45. The minimum absolute atomic E-state index is 0.00254. The Hall–Kier alpha value is -2.25. The average molecular weight is 263 g/mol. The lowest BCUT2D eigenvalue weighted by molar-refractivity contribution is 0.112. The summed E-state index contributed by atoms with van der Waals surface area (Å²) in [5.41, 5.74) is 0.481. The van der Waals surface area contributed by atoms with Gasteiger partial charge in [-0.05, 0) is 11.6 Å². The highest BCUT2D eigenvalue weighted by Crippen LogP contribution is 2.26. The second-order valence-corrected chi connectivity index (χ2v) is 3.67. The van der Waals surface area contributed by atoms with E-state index in [1.54, 1.807) is 6.07 Å². The highest BCUT2D eigenvalue weighted by atomic mass is 35.5. The van der Waals surface area contributed by atoms with Crippen LogP contribution in [0, 0.1) is 17.1 Å². The number of benzene rings is 1. The first-order valence-corrected chi connectivity index (χ1v) is 5.14. The van der Waals surface area contributed by atoms with Gasteiger partial charge in [0.1, 0.15) is 11.8 Å². The summed E-state index contributed by atoms with van der Waals surface area (Å²) in [6.07, 6.45) is 1.63. The van der Waals surface area contributed by atoms with E-state index in [0.29, 0.717) is 17.4 Å². The molecule has 5 heteroatoms. The molecule has 3 nitrogen and oxygen atoms in total. The van der Waals surface area contributed by atoms with Gasteiger partial charge in [0.2, 0.25) is 0 Å². The van der Waals surface area contributed by atoms with E-state index in [2.05, 4.69) is 18.2 Å². The number of aldehydes is 1. The number of nitrogens with zero attached hydrogens (tertiary/aromatic N) is 2. The van der Waals surface area contributed by atoms with Crippen LogP contribution in [0.15, 0.2) is 36.0 Å². The normalized spacial score (nSPS) is 10.1. The predicted molar refractivity (Wildman–Crippen MR) is 69.1 cm³/mol. The van der Waals surface area contributed by atoms with Crippen LogP contribution in [0.25, 0.3) is 5.57 Å². The molecule has 0 unspecified atom stereocenters. The van der Waals surface area contributed by atoms with Crippen molar-refractivity contribution in [3.05, 3.63) is 53.0 Å². The van der Waals surface area contributed by atoms with Crippen LogP contribution in [0.4, 0.5) is 4.39 Å². The quantitative estimate of drug-likeness (QED) is 0.474. The average Bonchev–Trinajstić information content (AvgIpc) is 2.38. The van der Waals surface area contributed by atoms with Crippen molar-refractivity contribution in [1.29, 1.82) is 5.26 Å². The molecular weight excluding hydrogens is 255 g/mol. The van der Waals surface area contributed by atoms with Gasteiger partial charge >= 0.3 is 0 Å². The molecular formula is C13H8ClFN2O. The van der Waals surface area contributed by atoms with Crippen LogP contribution in [0.1, 0.15) is 15.9 Å². The molecule has 0 aliphatic rings. The summed E-state index contributed by atoms with van der Waals surface area (Å²) in [7, 11) is 0. The molecule has 90 valence electrons. The Morgan fingerprint density at radius 2 is 2.17 bits per heavy atom. The molecule has 1 aromatic carbocycles. The van der Waals surface area contributed by atoms with Crippen molar-refractivity contribution in [3.8, 4) is 6.07 Å². The first-order valence-electron chi connectivity index (χ1n) is 4.76. The number of hydrogen-bond acceptors (Lipinski definition) is 3. The molecule has 18 heavy (non-hydrogen) atoms. The summed E-state index contributed by atoms with van der Waals surface area (Å²) in [6.45, 7) is 7.00. The lowest BCUT2D eigenvalue weighted by Gasteiger charge is -2.05. The fourth-order valence-electron chi connectivity index (χ4n) is 1.16. The van der Waals surface area contributed by atoms with E-state index in [-0.39, 0.29) is 16.3 Å². The number of hydrogen-bond donors (Lipinski definition) is 0. The number of carbonyl (C=O) groups excluding carboxylic acids is 1. The molecule has 0 N–H and O–H groups in total. The molecule has 0 aliphatic heterocycles. The van der Waals surface area contributed by atoms with E-state index in [9.17, 15) is 9.18 Å². The summed E-state index contributed by atoms with van der Waals surface area (Å²) < 4.78 is 13.6. The Kier molecular flexibility index (Phi) is 4.52. The van der Waals surface area contributed by atoms with Gasteiger partial charge in [-0.2, -0.15) is 5.26 Å². The summed E-state index contributed by atoms with van der Waals surface area (Å²) in [5.74, 6) is -0.808. The Balaban J connectivity index is 3.13. The van der Waals surface area contributed by atoms with Crippen molar-refractivity contribution >= 4 is 29.7 Å². The number of nitriles is 1. The van der Waals surface area contributed by atoms with Crippen LogP contribution >= 0.6 is 11.6 Å². The molecule has 0 radical (unpaired) electrons. The first-order chi connectivity index (χ1) is 8.51. The Morgan fingerprint density at radius 1 is 1.50 bits per heavy atom. The summed E-state index contributed by atoms with van der Waals surface area (Å²) in [4.78, 5) is 14.2. The van der Waals surface area contributed by atoms with Gasteiger partial charge in [-0.15, -0.1) is 0 Å². The number of carbonyl (C=O) groups is 1. The van der Waals surface area contributed by atoms with Gasteiger partial charge in [-0.25, -0.2) is 9.38 Å². The van der Waals surface area contributed by atoms with E-state index >= 15 is 0 Å². The second kappa shape index (κ2) is 5.89. The van der Waals surface area contributed by atoms with Gasteiger partial charge in [0, 0.05) is 11.8 Å². The maximum Gasteiger partial charge on any atom is 0.153 e. The number of aliphatic imine (C=N–C) groups is 1. The largest absolute Gasteiger partial charge is 0.298 e. The van der Waals surface area contributed by atoms with Gasteiger partial charge in [0.15, 0.2) is 12.1 Å². The van der Waals surface area contributed by atoms with E-state index in [4.69, 9.17) is 16.9 Å². The van der Waals surface area contributed by atoms with Gasteiger partial charge in [-0.1, -0.05) is 30.8 Å². The Bertz CT molecular complexity index is 600. The minimum atomic E-state index is -0.808. The summed E-state index contributed by atoms with van der Waals surface area (Å²) >= 11 is 5.78. The summed E-state index contributed by atoms with van der Waals surface area (Å²) in [5, 5.41) is 8.26.